The number of aliphatic carboxylic acids is 1. The second-order valence-electron chi connectivity index (χ2n) is 4.99. The lowest BCUT2D eigenvalue weighted by molar-refractivity contribution is -0.137. The number of thioether (sulfide) groups is 1. The Morgan fingerprint density at radius 2 is 2.05 bits per heavy atom. The molecule has 0 bridgehead atoms. The van der Waals surface area contributed by atoms with E-state index >= 15 is 0 Å². The maximum absolute atomic E-state index is 11.0. The van der Waals surface area contributed by atoms with Gasteiger partial charge in [-0.1, -0.05) is 26.0 Å². The van der Waals surface area contributed by atoms with E-state index in [1.165, 1.54) is 17.3 Å². The van der Waals surface area contributed by atoms with Crippen LogP contribution < -0.4 is 4.74 Å². The first-order chi connectivity index (χ1) is 8.91. The van der Waals surface area contributed by atoms with Crippen LogP contribution in [-0.2, 0) is 4.79 Å². The summed E-state index contributed by atoms with van der Waals surface area (Å²) in [5.74, 6) is 0.953. The van der Waals surface area contributed by atoms with Crippen molar-refractivity contribution in [3.05, 3.63) is 29.3 Å². The van der Waals surface area contributed by atoms with Gasteiger partial charge in [0, 0.05) is 5.75 Å². The molecule has 1 N–H and O–H groups in total. The third-order valence-corrected chi connectivity index (χ3v) is 4.34. The first kappa shape index (κ1) is 15.9. The zero-order valence-electron chi connectivity index (χ0n) is 12.0. The van der Waals surface area contributed by atoms with E-state index in [4.69, 9.17) is 9.84 Å². The fraction of sp³-hybridized carbons (Fsp3) is 0.533. The summed E-state index contributed by atoms with van der Waals surface area (Å²) in [7, 11) is 0. The summed E-state index contributed by atoms with van der Waals surface area (Å²) in [6.45, 7) is 8.43. The Bertz CT molecular complexity index is 429. The Balaban J connectivity index is 2.42. The molecule has 0 saturated carbocycles. The fourth-order valence-electron chi connectivity index (χ4n) is 1.74. The molecule has 4 heteroatoms. The molecular formula is C15H22O3S. The van der Waals surface area contributed by atoms with Gasteiger partial charge >= 0.3 is 5.97 Å². The number of hydrogen-bond acceptors (Lipinski definition) is 3. The van der Waals surface area contributed by atoms with Crippen molar-refractivity contribution < 1.29 is 14.6 Å². The molecule has 0 spiro atoms. The van der Waals surface area contributed by atoms with Crippen LogP contribution in [-0.4, -0.2) is 28.7 Å². The van der Waals surface area contributed by atoms with Crippen molar-refractivity contribution in [3.63, 3.8) is 0 Å². The number of aryl methyl sites for hydroxylation is 2. The topological polar surface area (TPSA) is 46.5 Å². The van der Waals surface area contributed by atoms with Gasteiger partial charge < -0.3 is 9.84 Å². The maximum Gasteiger partial charge on any atom is 0.316 e. The molecule has 1 rings (SSSR count). The molecule has 0 aromatic heterocycles. The first-order valence-corrected chi connectivity index (χ1v) is 7.51. The summed E-state index contributed by atoms with van der Waals surface area (Å²) in [5.41, 5.74) is 2.27. The second-order valence-corrected chi connectivity index (χ2v) is 6.24. The normalized spacial score (nSPS) is 12.5. The summed E-state index contributed by atoms with van der Waals surface area (Å²) < 4.78 is 5.71. The number of benzene rings is 1. The van der Waals surface area contributed by atoms with Crippen molar-refractivity contribution in [2.75, 3.05) is 12.4 Å². The highest BCUT2D eigenvalue weighted by Gasteiger charge is 2.21. The number of hydrogen-bond donors (Lipinski definition) is 1. The van der Waals surface area contributed by atoms with Gasteiger partial charge in [-0.05, 0) is 37.0 Å². The molecule has 0 heterocycles. The standard InChI is InChI=1S/C15H22O3S/c1-10(2)14(15(16)17)19-8-7-18-13-9-11(3)5-6-12(13)4/h5-6,9-10,14H,7-8H2,1-4H3,(H,16,17). The number of carbonyl (C=O) groups is 1. The minimum absolute atomic E-state index is 0.128. The average Bonchev–Trinajstić information content (AvgIpc) is 2.32. The van der Waals surface area contributed by atoms with Crippen LogP contribution in [0.1, 0.15) is 25.0 Å². The lowest BCUT2D eigenvalue weighted by atomic mass is 10.1. The van der Waals surface area contributed by atoms with Gasteiger partial charge in [-0.2, -0.15) is 0 Å². The van der Waals surface area contributed by atoms with Gasteiger partial charge in [0.25, 0.3) is 0 Å². The minimum Gasteiger partial charge on any atom is -0.492 e. The monoisotopic (exact) mass is 282 g/mol. The molecule has 0 aliphatic carbocycles. The number of ether oxygens (including phenoxy) is 1. The van der Waals surface area contributed by atoms with Crippen molar-refractivity contribution in [1.82, 2.24) is 0 Å². The zero-order chi connectivity index (χ0) is 14.4. The Kier molecular flexibility index (Phi) is 6.22. The number of rotatable bonds is 7. The predicted octanol–water partition coefficient (Wildman–Crippen LogP) is 3.52. The van der Waals surface area contributed by atoms with Gasteiger partial charge in [0.05, 0.1) is 6.61 Å². The predicted molar refractivity (Wildman–Crippen MR) is 80.1 cm³/mol. The molecule has 1 aromatic rings. The molecule has 0 amide bonds. The molecule has 1 atom stereocenters. The Labute approximate surface area is 119 Å². The summed E-state index contributed by atoms with van der Waals surface area (Å²) in [6.07, 6.45) is 0. The molecule has 3 nitrogen and oxygen atoms in total. The largest absolute Gasteiger partial charge is 0.492 e. The lowest BCUT2D eigenvalue weighted by Gasteiger charge is -2.16. The molecule has 0 saturated heterocycles. The quantitative estimate of drug-likeness (QED) is 0.777. The van der Waals surface area contributed by atoms with Crippen LogP contribution in [0.25, 0.3) is 0 Å². The van der Waals surface area contributed by atoms with Crippen LogP contribution in [0, 0.1) is 19.8 Å². The van der Waals surface area contributed by atoms with E-state index in [0.29, 0.717) is 12.4 Å². The molecule has 0 radical (unpaired) electrons. The maximum atomic E-state index is 11.0. The summed E-state index contributed by atoms with van der Waals surface area (Å²) >= 11 is 1.44. The van der Waals surface area contributed by atoms with Gasteiger partial charge in [-0.3, -0.25) is 4.79 Å². The third-order valence-electron chi connectivity index (χ3n) is 2.83. The Hall–Kier alpha value is -1.16. The number of carboxylic acid groups (broad SMARTS) is 1. The summed E-state index contributed by atoms with van der Waals surface area (Å²) in [6, 6.07) is 6.10. The fourth-order valence-corrected chi connectivity index (χ4v) is 2.70. The van der Waals surface area contributed by atoms with Crippen molar-refractivity contribution in [3.8, 4) is 5.75 Å². The highest BCUT2D eigenvalue weighted by molar-refractivity contribution is 8.00. The van der Waals surface area contributed by atoms with Crippen molar-refractivity contribution in [1.29, 1.82) is 0 Å². The first-order valence-electron chi connectivity index (χ1n) is 6.46. The van der Waals surface area contributed by atoms with Gasteiger partial charge in [-0.25, -0.2) is 0 Å². The highest BCUT2D eigenvalue weighted by Crippen LogP contribution is 2.22. The van der Waals surface area contributed by atoms with E-state index in [2.05, 4.69) is 6.07 Å². The van der Waals surface area contributed by atoms with E-state index < -0.39 is 5.97 Å². The lowest BCUT2D eigenvalue weighted by Crippen LogP contribution is -2.23. The van der Waals surface area contributed by atoms with Gasteiger partial charge in [0.1, 0.15) is 11.0 Å². The smallest absolute Gasteiger partial charge is 0.316 e. The summed E-state index contributed by atoms with van der Waals surface area (Å²) in [5, 5.41) is 8.72. The molecule has 0 aliphatic heterocycles. The molecular weight excluding hydrogens is 260 g/mol. The average molecular weight is 282 g/mol. The van der Waals surface area contributed by atoms with Crippen LogP contribution in [0.4, 0.5) is 0 Å². The molecule has 106 valence electrons. The van der Waals surface area contributed by atoms with Crippen LogP contribution in [0.2, 0.25) is 0 Å². The molecule has 1 aromatic carbocycles. The van der Waals surface area contributed by atoms with E-state index in [1.807, 2.05) is 39.8 Å². The van der Waals surface area contributed by atoms with Crippen molar-refractivity contribution in [2.45, 2.75) is 32.9 Å². The van der Waals surface area contributed by atoms with Gasteiger partial charge in [0.15, 0.2) is 0 Å². The van der Waals surface area contributed by atoms with E-state index in [-0.39, 0.29) is 11.2 Å². The summed E-state index contributed by atoms with van der Waals surface area (Å²) in [4.78, 5) is 11.0. The van der Waals surface area contributed by atoms with Crippen LogP contribution >= 0.6 is 11.8 Å². The molecule has 19 heavy (non-hydrogen) atoms. The molecule has 1 unspecified atom stereocenters. The van der Waals surface area contributed by atoms with Crippen LogP contribution in [0.3, 0.4) is 0 Å². The SMILES string of the molecule is Cc1ccc(C)c(OCCSC(C(=O)O)C(C)C)c1. The highest BCUT2D eigenvalue weighted by atomic mass is 32.2. The van der Waals surface area contributed by atoms with Gasteiger partial charge in [-0.15, -0.1) is 11.8 Å². The van der Waals surface area contributed by atoms with E-state index in [0.717, 1.165) is 11.3 Å². The zero-order valence-corrected chi connectivity index (χ0v) is 12.8. The third kappa shape index (κ3) is 5.15. The van der Waals surface area contributed by atoms with E-state index in [1.54, 1.807) is 0 Å². The van der Waals surface area contributed by atoms with Crippen molar-refractivity contribution in [2.24, 2.45) is 5.92 Å². The molecule has 0 aliphatic rings. The van der Waals surface area contributed by atoms with E-state index in [9.17, 15) is 4.79 Å². The van der Waals surface area contributed by atoms with Crippen LogP contribution in [0.5, 0.6) is 5.75 Å². The Morgan fingerprint density at radius 3 is 2.63 bits per heavy atom. The van der Waals surface area contributed by atoms with Gasteiger partial charge in [0.2, 0.25) is 0 Å². The number of carboxylic acids is 1. The Morgan fingerprint density at radius 1 is 1.37 bits per heavy atom. The molecule has 0 fully saturated rings. The minimum atomic E-state index is -0.744. The second kappa shape index (κ2) is 7.43. The van der Waals surface area contributed by atoms with Crippen LogP contribution in [0.15, 0.2) is 18.2 Å². The van der Waals surface area contributed by atoms with Crippen molar-refractivity contribution >= 4 is 17.7 Å².